The van der Waals surface area contributed by atoms with Crippen molar-refractivity contribution in [1.29, 1.82) is 0 Å². The van der Waals surface area contributed by atoms with E-state index in [2.05, 4.69) is 35.1 Å². The first-order valence-corrected chi connectivity index (χ1v) is 11.3. The Morgan fingerprint density at radius 3 is 1.97 bits per heavy atom. The molecule has 2 aromatic rings. The highest BCUT2D eigenvalue weighted by molar-refractivity contribution is 7.91. The number of methoxy groups -OCH3 is 1. The van der Waals surface area contributed by atoms with Crippen LogP contribution >= 0.6 is 0 Å². The Labute approximate surface area is 179 Å². The standard InChI is InChI=1S/C14H14N2O5S.C7H17N/c1-20-14(17)16-22(18,19)15-11-7-9-13(10-8-11)21-12-5-3-2-4-6-12;1-4-7-8(5-2)6-3/h2-10,15H,1H3,(H,16,17);4-7H2,1-3H3. The van der Waals surface area contributed by atoms with Gasteiger partial charge < -0.3 is 14.4 Å². The molecule has 0 aliphatic carbocycles. The summed E-state index contributed by atoms with van der Waals surface area (Å²) in [6, 6.07) is 15.4. The van der Waals surface area contributed by atoms with E-state index in [0.717, 1.165) is 7.11 Å². The summed E-state index contributed by atoms with van der Waals surface area (Å²) in [5.74, 6) is 1.22. The second kappa shape index (κ2) is 13.4. The molecule has 2 N–H and O–H groups in total. The summed E-state index contributed by atoms with van der Waals surface area (Å²) in [7, 11) is -2.96. The van der Waals surface area contributed by atoms with Crippen molar-refractivity contribution in [2.45, 2.75) is 27.2 Å². The van der Waals surface area contributed by atoms with Crippen molar-refractivity contribution in [3.05, 3.63) is 54.6 Å². The summed E-state index contributed by atoms with van der Waals surface area (Å²) in [5.41, 5.74) is 0.275. The molecular formula is C21H31N3O5S. The molecule has 0 atom stereocenters. The zero-order valence-electron chi connectivity index (χ0n) is 17.9. The van der Waals surface area contributed by atoms with Crippen LogP contribution in [-0.2, 0) is 14.9 Å². The molecule has 0 spiro atoms. The van der Waals surface area contributed by atoms with Crippen molar-refractivity contribution in [3.63, 3.8) is 0 Å². The molecule has 0 aromatic heterocycles. The van der Waals surface area contributed by atoms with E-state index < -0.39 is 16.3 Å². The molecule has 0 bridgehead atoms. The maximum absolute atomic E-state index is 11.6. The molecule has 0 saturated heterocycles. The Bertz CT molecular complexity index is 839. The minimum Gasteiger partial charge on any atom is -0.457 e. The van der Waals surface area contributed by atoms with Crippen molar-refractivity contribution < 1.29 is 22.7 Å². The number of para-hydroxylation sites is 1. The smallest absolute Gasteiger partial charge is 0.422 e. The summed E-state index contributed by atoms with van der Waals surface area (Å²) >= 11 is 0. The lowest BCUT2D eigenvalue weighted by Gasteiger charge is -2.15. The maximum Gasteiger partial charge on any atom is 0.422 e. The number of hydrogen-bond donors (Lipinski definition) is 2. The fourth-order valence-electron chi connectivity index (χ4n) is 2.40. The minimum absolute atomic E-state index is 0.275. The summed E-state index contributed by atoms with van der Waals surface area (Å²) in [5, 5.41) is 0. The van der Waals surface area contributed by atoms with E-state index >= 15 is 0 Å². The Balaban J connectivity index is 0.000000479. The Morgan fingerprint density at radius 1 is 0.933 bits per heavy atom. The van der Waals surface area contributed by atoms with Gasteiger partial charge in [0.05, 0.1) is 12.8 Å². The van der Waals surface area contributed by atoms with Crippen LogP contribution in [0.2, 0.25) is 0 Å². The van der Waals surface area contributed by atoms with Gasteiger partial charge in [0.1, 0.15) is 11.5 Å². The fourth-order valence-corrected chi connectivity index (χ4v) is 3.20. The maximum atomic E-state index is 11.6. The largest absolute Gasteiger partial charge is 0.457 e. The van der Waals surface area contributed by atoms with Gasteiger partial charge in [0, 0.05) is 0 Å². The Hall–Kier alpha value is -2.78. The third kappa shape index (κ3) is 10.1. The second-order valence-electron chi connectivity index (χ2n) is 6.17. The normalized spacial score (nSPS) is 10.6. The molecule has 9 heteroatoms. The molecule has 0 unspecified atom stereocenters. The van der Waals surface area contributed by atoms with Gasteiger partial charge in [-0.2, -0.15) is 8.42 Å². The molecule has 30 heavy (non-hydrogen) atoms. The Morgan fingerprint density at radius 2 is 1.50 bits per heavy atom. The molecule has 0 aliphatic heterocycles. The van der Waals surface area contributed by atoms with E-state index in [4.69, 9.17) is 4.74 Å². The third-order valence-electron chi connectivity index (χ3n) is 3.92. The van der Waals surface area contributed by atoms with Crippen molar-refractivity contribution in [1.82, 2.24) is 9.62 Å². The van der Waals surface area contributed by atoms with Gasteiger partial charge >= 0.3 is 16.3 Å². The summed E-state index contributed by atoms with van der Waals surface area (Å²) in [6.07, 6.45) is 0.207. The van der Waals surface area contributed by atoms with E-state index in [0.29, 0.717) is 11.5 Å². The number of nitrogens with one attached hydrogen (secondary N) is 2. The molecule has 0 saturated carbocycles. The summed E-state index contributed by atoms with van der Waals surface area (Å²) in [4.78, 5) is 13.3. The molecule has 2 aromatic carbocycles. The van der Waals surface area contributed by atoms with Crippen LogP contribution in [0.5, 0.6) is 11.5 Å². The first kappa shape index (κ1) is 25.3. The van der Waals surface area contributed by atoms with Crippen LogP contribution in [0.25, 0.3) is 0 Å². The van der Waals surface area contributed by atoms with Crippen LogP contribution in [-0.4, -0.2) is 46.2 Å². The lowest BCUT2D eigenvalue weighted by molar-refractivity contribution is 0.177. The van der Waals surface area contributed by atoms with Crippen LogP contribution in [0.1, 0.15) is 27.2 Å². The van der Waals surface area contributed by atoms with Gasteiger partial charge in [0.25, 0.3) is 0 Å². The number of carbonyl (C=O) groups excluding carboxylic acids is 1. The first-order chi connectivity index (χ1) is 14.3. The first-order valence-electron chi connectivity index (χ1n) is 9.77. The number of amides is 1. The fraction of sp³-hybridized carbons (Fsp3) is 0.381. The highest BCUT2D eigenvalue weighted by atomic mass is 32.2. The molecule has 0 fully saturated rings. The molecule has 0 aliphatic rings. The highest BCUT2D eigenvalue weighted by Gasteiger charge is 2.14. The van der Waals surface area contributed by atoms with Crippen molar-refractivity contribution in [3.8, 4) is 11.5 Å². The molecular weight excluding hydrogens is 406 g/mol. The van der Waals surface area contributed by atoms with Crippen LogP contribution in [0.4, 0.5) is 10.5 Å². The number of carbonyl (C=O) groups is 1. The topological polar surface area (TPSA) is 97.0 Å². The van der Waals surface area contributed by atoms with E-state index in [1.54, 1.807) is 29.0 Å². The van der Waals surface area contributed by atoms with E-state index in [1.807, 2.05) is 18.2 Å². The summed E-state index contributed by atoms with van der Waals surface area (Å²) < 4.78 is 36.8. The van der Waals surface area contributed by atoms with Crippen LogP contribution in [0, 0.1) is 0 Å². The number of benzene rings is 2. The van der Waals surface area contributed by atoms with Crippen molar-refractivity contribution in [2.75, 3.05) is 31.5 Å². The molecule has 8 nitrogen and oxygen atoms in total. The quantitative estimate of drug-likeness (QED) is 0.609. The Kier molecular flexibility index (Phi) is 11.3. The predicted octanol–water partition coefficient (Wildman–Crippen LogP) is 4.23. The van der Waals surface area contributed by atoms with Gasteiger partial charge in [0.15, 0.2) is 0 Å². The van der Waals surface area contributed by atoms with E-state index in [-0.39, 0.29) is 5.69 Å². The third-order valence-corrected chi connectivity index (χ3v) is 4.86. The lowest BCUT2D eigenvalue weighted by Crippen LogP contribution is -2.35. The van der Waals surface area contributed by atoms with E-state index in [1.165, 1.54) is 38.2 Å². The SMILES string of the molecule is CCCN(CC)CC.COC(=O)NS(=O)(=O)Nc1ccc(Oc2ccccc2)cc1. The van der Waals surface area contributed by atoms with Crippen molar-refractivity contribution >= 4 is 22.0 Å². The zero-order valence-corrected chi connectivity index (χ0v) is 18.7. The zero-order chi connectivity index (χ0) is 22.4. The minimum atomic E-state index is -4.03. The average molecular weight is 438 g/mol. The lowest BCUT2D eigenvalue weighted by atomic mass is 10.3. The monoisotopic (exact) mass is 437 g/mol. The van der Waals surface area contributed by atoms with Crippen LogP contribution in [0.3, 0.4) is 0 Å². The van der Waals surface area contributed by atoms with Crippen molar-refractivity contribution in [2.24, 2.45) is 0 Å². The number of nitrogens with zero attached hydrogens (tertiary/aromatic N) is 1. The summed E-state index contributed by atoms with van der Waals surface area (Å²) in [6.45, 7) is 10.3. The number of rotatable bonds is 9. The van der Waals surface area contributed by atoms with Gasteiger partial charge in [-0.05, 0) is 62.5 Å². The number of hydrogen-bond acceptors (Lipinski definition) is 6. The number of ether oxygens (including phenoxy) is 2. The van der Waals surface area contributed by atoms with Gasteiger partial charge in [-0.3, -0.25) is 4.72 Å². The number of anilines is 1. The molecule has 0 heterocycles. The van der Waals surface area contributed by atoms with Gasteiger partial charge in [-0.15, -0.1) is 0 Å². The van der Waals surface area contributed by atoms with E-state index in [9.17, 15) is 13.2 Å². The highest BCUT2D eigenvalue weighted by Crippen LogP contribution is 2.22. The predicted molar refractivity (Wildman–Crippen MR) is 119 cm³/mol. The van der Waals surface area contributed by atoms with Gasteiger partial charge in [0.2, 0.25) is 0 Å². The second-order valence-corrected chi connectivity index (χ2v) is 7.58. The molecule has 1 amide bonds. The molecule has 0 radical (unpaired) electrons. The molecule has 2 rings (SSSR count). The van der Waals surface area contributed by atoms with Crippen LogP contribution < -0.4 is 14.2 Å². The van der Waals surface area contributed by atoms with Crippen LogP contribution in [0.15, 0.2) is 54.6 Å². The van der Waals surface area contributed by atoms with Gasteiger partial charge in [-0.25, -0.2) is 9.52 Å². The van der Waals surface area contributed by atoms with Gasteiger partial charge in [-0.1, -0.05) is 39.0 Å². The average Bonchev–Trinajstić information content (AvgIpc) is 2.74. The molecule has 166 valence electrons.